The second kappa shape index (κ2) is 6.16. The third-order valence-electron chi connectivity index (χ3n) is 4.08. The maximum Gasteiger partial charge on any atom is 0.343 e. The number of benzene rings is 2. The number of aromatic hydroxyl groups is 1. The third kappa shape index (κ3) is 2.68. The maximum atomic E-state index is 12.4. The minimum Gasteiger partial charge on any atom is -0.507 e. The van der Waals surface area contributed by atoms with E-state index in [4.69, 9.17) is 9.15 Å². The smallest absolute Gasteiger partial charge is 0.343 e. The van der Waals surface area contributed by atoms with E-state index in [1.807, 2.05) is 37.3 Å². The summed E-state index contributed by atoms with van der Waals surface area (Å²) in [5, 5.41) is 11.2. The molecule has 4 nitrogen and oxygen atoms in total. The lowest BCUT2D eigenvalue weighted by molar-refractivity contribution is 0.413. The molecule has 0 saturated carbocycles. The van der Waals surface area contributed by atoms with Gasteiger partial charge in [0.2, 0.25) is 0 Å². The molecule has 0 radical (unpaired) electrons. The van der Waals surface area contributed by atoms with E-state index in [1.165, 1.54) is 0 Å². The van der Waals surface area contributed by atoms with Crippen LogP contribution < -0.4 is 10.4 Å². The summed E-state index contributed by atoms with van der Waals surface area (Å²) in [4.78, 5) is 12.4. The highest BCUT2D eigenvalue weighted by Gasteiger charge is 2.23. The van der Waals surface area contributed by atoms with Crippen LogP contribution in [0.5, 0.6) is 11.5 Å². The Hall–Kier alpha value is -2.75. The molecule has 1 unspecified atom stereocenters. The Labute approximate surface area is 134 Å². The monoisotopic (exact) mass is 310 g/mol. The lowest BCUT2D eigenvalue weighted by atomic mass is 9.89. The molecule has 23 heavy (non-hydrogen) atoms. The SMILES string of the molecule is CCC(c1ccccc1)c1c(O)c2cc(OC)ccc2oc1=O. The molecule has 1 atom stereocenters. The molecular weight excluding hydrogens is 292 g/mol. The van der Waals surface area contributed by atoms with Crippen LogP contribution in [0.3, 0.4) is 0 Å². The van der Waals surface area contributed by atoms with E-state index in [-0.39, 0.29) is 11.7 Å². The molecule has 2 aromatic carbocycles. The Morgan fingerprint density at radius 2 is 1.91 bits per heavy atom. The van der Waals surface area contributed by atoms with Crippen LogP contribution in [0.25, 0.3) is 11.0 Å². The summed E-state index contributed by atoms with van der Waals surface area (Å²) in [7, 11) is 1.55. The first-order valence-electron chi connectivity index (χ1n) is 7.54. The topological polar surface area (TPSA) is 59.7 Å². The van der Waals surface area contributed by atoms with Gasteiger partial charge in [0.25, 0.3) is 0 Å². The van der Waals surface area contributed by atoms with E-state index in [1.54, 1.807) is 25.3 Å². The van der Waals surface area contributed by atoms with Gasteiger partial charge in [0.05, 0.1) is 18.1 Å². The van der Waals surface area contributed by atoms with Gasteiger partial charge in [0.1, 0.15) is 17.1 Å². The molecule has 1 aromatic heterocycles. The number of rotatable bonds is 4. The minimum atomic E-state index is -0.504. The average Bonchev–Trinajstić information content (AvgIpc) is 2.59. The second-order valence-corrected chi connectivity index (χ2v) is 5.39. The van der Waals surface area contributed by atoms with Crippen molar-refractivity contribution >= 4 is 11.0 Å². The highest BCUT2D eigenvalue weighted by Crippen LogP contribution is 2.36. The van der Waals surface area contributed by atoms with Crippen LogP contribution in [0, 0.1) is 0 Å². The van der Waals surface area contributed by atoms with Gasteiger partial charge in [0.15, 0.2) is 0 Å². The zero-order valence-corrected chi connectivity index (χ0v) is 13.1. The van der Waals surface area contributed by atoms with E-state index >= 15 is 0 Å². The molecule has 1 heterocycles. The van der Waals surface area contributed by atoms with Crippen molar-refractivity contribution in [3.8, 4) is 11.5 Å². The lowest BCUT2D eigenvalue weighted by Gasteiger charge is -2.17. The number of methoxy groups -OCH3 is 1. The molecule has 0 aliphatic carbocycles. The Morgan fingerprint density at radius 1 is 1.17 bits per heavy atom. The Kier molecular flexibility index (Phi) is 4.06. The Balaban J connectivity index is 2.25. The van der Waals surface area contributed by atoms with Crippen molar-refractivity contribution in [3.63, 3.8) is 0 Å². The first-order chi connectivity index (χ1) is 11.2. The van der Waals surface area contributed by atoms with E-state index in [2.05, 4.69) is 0 Å². The van der Waals surface area contributed by atoms with Crippen LogP contribution in [0.4, 0.5) is 0 Å². The van der Waals surface area contributed by atoms with Crippen LogP contribution in [0.1, 0.15) is 30.4 Å². The molecule has 0 aliphatic rings. The van der Waals surface area contributed by atoms with E-state index in [9.17, 15) is 9.90 Å². The summed E-state index contributed by atoms with van der Waals surface area (Å²) in [5.41, 5.74) is 1.11. The predicted octanol–water partition coefficient (Wildman–Crippen LogP) is 4.05. The van der Waals surface area contributed by atoms with Crippen LogP contribution >= 0.6 is 0 Å². The fourth-order valence-corrected chi connectivity index (χ4v) is 2.91. The molecule has 4 heteroatoms. The molecule has 0 saturated heterocycles. The van der Waals surface area contributed by atoms with Gasteiger partial charge >= 0.3 is 5.63 Å². The number of hydrogen-bond acceptors (Lipinski definition) is 4. The highest BCUT2D eigenvalue weighted by molar-refractivity contribution is 5.85. The number of fused-ring (bicyclic) bond motifs is 1. The van der Waals surface area contributed by atoms with Crippen LogP contribution in [-0.4, -0.2) is 12.2 Å². The Morgan fingerprint density at radius 3 is 2.57 bits per heavy atom. The summed E-state index contributed by atoms with van der Waals surface area (Å²) in [6, 6.07) is 14.6. The summed E-state index contributed by atoms with van der Waals surface area (Å²) in [6.07, 6.45) is 0.678. The quantitative estimate of drug-likeness (QED) is 0.739. The average molecular weight is 310 g/mol. The van der Waals surface area contributed by atoms with Crippen molar-refractivity contribution in [2.24, 2.45) is 0 Å². The van der Waals surface area contributed by atoms with Crippen LogP contribution in [0.15, 0.2) is 57.7 Å². The van der Waals surface area contributed by atoms with Gasteiger partial charge in [-0.3, -0.25) is 0 Å². The van der Waals surface area contributed by atoms with E-state index < -0.39 is 5.63 Å². The van der Waals surface area contributed by atoms with Gasteiger partial charge in [-0.1, -0.05) is 37.3 Å². The van der Waals surface area contributed by atoms with Gasteiger partial charge in [-0.25, -0.2) is 4.79 Å². The summed E-state index contributed by atoms with van der Waals surface area (Å²) in [5.74, 6) is 0.342. The number of hydrogen-bond donors (Lipinski definition) is 1. The molecule has 0 bridgehead atoms. The summed E-state index contributed by atoms with van der Waals surface area (Å²) in [6.45, 7) is 1.98. The zero-order chi connectivity index (χ0) is 16.4. The zero-order valence-electron chi connectivity index (χ0n) is 13.1. The van der Waals surface area contributed by atoms with Crippen LogP contribution in [0.2, 0.25) is 0 Å². The van der Waals surface area contributed by atoms with Crippen molar-refractivity contribution in [2.75, 3.05) is 7.11 Å². The standard InChI is InChI=1S/C19H18O4/c1-3-14(12-7-5-4-6-8-12)17-18(20)15-11-13(22-2)9-10-16(15)23-19(17)21/h4-11,14,20H,3H2,1-2H3. The molecule has 0 fully saturated rings. The second-order valence-electron chi connectivity index (χ2n) is 5.39. The van der Waals surface area contributed by atoms with Crippen molar-refractivity contribution in [1.82, 2.24) is 0 Å². The first-order valence-corrected chi connectivity index (χ1v) is 7.54. The minimum absolute atomic E-state index is 0.0362. The first kappa shape index (κ1) is 15.2. The van der Waals surface area contributed by atoms with Gasteiger partial charge in [0, 0.05) is 5.92 Å². The van der Waals surface area contributed by atoms with Gasteiger partial charge in [-0.2, -0.15) is 0 Å². The fourth-order valence-electron chi connectivity index (χ4n) is 2.91. The van der Waals surface area contributed by atoms with Gasteiger partial charge in [-0.05, 0) is 30.2 Å². The largest absolute Gasteiger partial charge is 0.507 e. The molecule has 0 spiro atoms. The maximum absolute atomic E-state index is 12.4. The summed E-state index contributed by atoms with van der Waals surface area (Å²) < 4.78 is 10.6. The van der Waals surface area contributed by atoms with Crippen molar-refractivity contribution in [1.29, 1.82) is 0 Å². The normalized spacial score (nSPS) is 12.3. The highest BCUT2D eigenvalue weighted by atomic mass is 16.5. The van der Waals surface area contributed by atoms with Crippen LogP contribution in [-0.2, 0) is 0 Å². The lowest BCUT2D eigenvalue weighted by Crippen LogP contribution is -2.13. The van der Waals surface area contributed by atoms with Gasteiger partial charge in [-0.15, -0.1) is 0 Å². The summed E-state index contributed by atoms with van der Waals surface area (Å²) >= 11 is 0. The van der Waals surface area contributed by atoms with E-state index in [0.717, 1.165) is 5.56 Å². The molecule has 118 valence electrons. The van der Waals surface area contributed by atoms with Crippen molar-refractivity contribution in [2.45, 2.75) is 19.3 Å². The van der Waals surface area contributed by atoms with Gasteiger partial charge < -0.3 is 14.3 Å². The fraction of sp³-hybridized carbons (Fsp3) is 0.211. The number of ether oxygens (including phenoxy) is 1. The van der Waals surface area contributed by atoms with Crippen molar-refractivity contribution < 1.29 is 14.3 Å². The predicted molar refractivity (Wildman–Crippen MR) is 89.3 cm³/mol. The van der Waals surface area contributed by atoms with Crippen molar-refractivity contribution in [3.05, 3.63) is 70.1 Å². The molecule has 0 aliphatic heterocycles. The third-order valence-corrected chi connectivity index (χ3v) is 4.08. The molecule has 3 rings (SSSR count). The van der Waals surface area contributed by atoms with E-state index in [0.29, 0.717) is 28.7 Å². The molecular formula is C19H18O4. The molecule has 0 amide bonds. The Bertz CT molecular complexity index is 881. The molecule has 1 N–H and O–H groups in total. The molecule has 3 aromatic rings.